The molecule has 2 atom stereocenters. The summed E-state index contributed by atoms with van der Waals surface area (Å²) in [4.78, 5) is 11.8. The Morgan fingerprint density at radius 2 is 2.31 bits per heavy atom. The largest absolute Gasteiger partial charge is 0.348 e. The van der Waals surface area contributed by atoms with E-state index in [1.54, 1.807) is 0 Å². The minimum absolute atomic E-state index is 0.00278. The van der Waals surface area contributed by atoms with Crippen LogP contribution in [0.15, 0.2) is 0 Å². The van der Waals surface area contributed by atoms with E-state index in [0.717, 1.165) is 25.7 Å². The van der Waals surface area contributed by atoms with Crippen LogP contribution in [-0.2, 0) is 11.3 Å². The van der Waals surface area contributed by atoms with E-state index >= 15 is 0 Å². The lowest BCUT2D eigenvalue weighted by Crippen LogP contribution is -2.43. The first kappa shape index (κ1) is 11.0. The van der Waals surface area contributed by atoms with Gasteiger partial charge in [0.2, 0.25) is 5.91 Å². The number of nitrogens with one attached hydrogen (secondary N) is 2. The van der Waals surface area contributed by atoms with Crippen molar-refractivity contribution in [1.82, 2.24) is 25.9 Å². The van der Waals surface area contributed by atoms with Gasteiger partial charge in [0.25, 0.3) is 0 Å². The molecule has 0 saturated heterocycles. The van der Waals surface area contributed by atoms with Crippen molar-refractivity contribution in [3.8, 4) is 0 Å². The van der Waals surface area contributed by atoms with E-state index in [9.17, 15) is 4.79 Å². The smallest absolute Gasteiger partial charge is 0.225 e. The summed E-state index contributed by atoms with van der Waals surface area (Å²) < 4.78 is 0. The molecule has 1 saturated carbocycles. The first-order chi connectivity index (χ1) is 7.77. The predicted octanol–water partition coefficient (Wildman–Crippen LogP) is -0.667. The summed E-state index contributed by atoms with van der Waals surface area (Å²) in [7, 11) is 0. The Morgan fingerprint density at radius 3 is 3.00 bits per heavy atom. The van der Waals surface area contributed by atoms with Crippen LogP contribution in [0.5, 0.6) is 0 Å². The third-order valence-electron chi connectivity index (χ3n) is 2.97. The van der Waals surface area contributed by atoms with Crippen molar-refractivity contribution >= 4 is 5.91 Å². The molecule has 4 N–H and O–H groups in total. The molecule has 1 amide bonds. The number of aromatic nitrogens is 4. The van der Waals surface area contributed by atoms with Crippen LogP contribution in [0.3, 0.4) is 0 Å². The van der Waals surface area contributed by atoms with E-state index in [0.29, 0.717) is 12.4 Å². The van der Waals surface area contributed by atoms with Gasteiger partial charge in [-0.2, -0.15) is 5.21 Å². The van der Waals surface area contributed by atoms with Gasteiger partial charge >= 0.3 is 0 Å². The van der Waals surface area contributed by atoms with E-state index in [1.165, 1.54) is 0 Å². The highest BCUT2D eigenvalue weighted by Crippen LogP contribution is 2.22. The molecule has 1 aromatic heterocycles. The summed E-state index contributed by atoms with van der Waals surface area (Å²) >= 11 is 0. The molecule has 0 radical (unpaired) electrons. The van der Waals surface area contributed by atoms with Crippen LogP contribution in [0, 0.1) is 5.92 Å². The molecule has 0 aromatic carbocycles. The third kappa shape index (κ3) is 2.54. The van der Waals surface area contributed by atoms with E-state index in [-0.39, 0.29) is 17.9 Å². The Morgan fingerprint density at radius 1 is 1.50 bits per heavy atom. The normalized spacial score (nSPS) is 25.3. The number of hydrogen-bond donors (Lipinski definition) is 3. The lowest BCUT2D eigenvalue weighted by atomic mass is 9.84. The zero-order chi connectivity index (χ0) is 11.4. The van der Waals surface area contributed by atoms with E-state index in [1.807, 2.05) is 0 Å². The van der Waals surface area contributed by atoms with Crippen LogP contribution in [-0.4, -0.2) is 32.6 Å². The topological polar surface area (TPSA) is 110 Å². The number of H-pyrrole nitrogens is 1. The standard InChI is InChI=1S/C9H16N6O/c10-7-4-2-1-3-6(7)9(16)11-5-8-12-14-15-13-8/h6-7H,1-5,10H2,(H,11,16)(H,12,13,14,15). The van der Waals surface area contributed by atoms with Gasteiger partial charge in [0.05, 0.1) is 12.5 Å². The maximum absolute atomic E-state index is 11.8. The highest BCUT2D eigenvalue weighted by atomic mass is 16.1. The van der Waals surface area contributed by atoms with E-state index < -0.39 is 0 Å². The fourth-order valence-electron chi connectivity index (χ4n) is 2.04. The average molecular weight is 224 g/mol. The molecular weight excluding hydrogens is 208 g/mol. The predicted molar refractivity (Wildman–Crippen MR) is 56.0 cm³/mol. The van der Waals surface area contributed by atoms with Crippen molar-refractivity contribution in [2.75, 3.05) is 0 Å². The summed E-state index contributed by atoms with van der Waals surface area (Å²) in [6.45, 7) is 0.304. The summed E-state index contributed by atoms with van der Waals surface area (Å²) in [5.74, 6) is 0.412. The number of carbonyl (C=O) groups is 1. The van der Waals surface area contributed by atoms with Crippen molar-refractivity contribution in [1.29, 1.82) is 0 Å². The maximum Gasteiger partial charge on any atom is 0.225 e. The molecule has 1 aromatic rings. The Balaban J connectivity index is 1.83. The van der Waals surface area contributed by atoms with E-state index in [4.69, 9.17) is 5.73 Å². The summed E-state index contributed by atoms with van der Waals surface area (Å²) in [6, 6.07) is -0.0148. The quantitative estimate of drug-likeness (QED) is 0.631. The zero-order valence-corrected chi connectivity index (χ0v) is 9.02. The van der Waals surface area contributed by atoms with Crippen LogP contribution in [0.25, 0.3) is 0 Å². The first-order valence-corrected chi connectivity index (χ1v) is 5.53. The number of amides is 1. The van der Waals surface area contributed by atoms with Crippen molar-refractivity contribution < 1.29 is 4.79 Å². The van der Waals surface area contributed by atoms with Gasteiger partial charge in [-0.05, 0) is 12.8 Å². The van der Waals surface area contributed by atoms with Gasteiger partial charge in [0.1, 0.15) is 0 Å². The summed E-state index contributed by atoms with van der Waals surface area (Å²) in [5.41, 5.74) is 5.92. The number of tetrazole rings is 1. The van der Waals surface area contributed by atoms with Crippen LogP contribution in [0.4, 0.5) is 0 Å². The molecule has 16 heavy (non-hydrogen) atoms. The van der Waals surface area contributed by atoms with E-state index in [2.05, 4.69) is 25.9 Å². The lowest BCUT2D eigenvalue weighted by Gasteiger charge is -2.27. The van der Waals surface area contributed by atoms with Gasteiger partial charge in [-0.25, -0.2) is 0 Å². The third-order valence-corrected chi connectivity index (χ3v) is 2.97. The van der Waals surface area contributed by atoms with Crippen LogP contribution in [0.2, 0.25) is 0 Å². The van der Waals surface area contributed by atoms with Crippen molar-refractivity contribution in [3.05, 3.63) is 5.82 Å². The molecule has 0 spiro atoms. The van der Waals surface area contributed by atoms with Crippen LogP contribution < -0.4 is 11.1 Å². The summed E-state index contributed by atoms with van der Waals surface area (Å²) in [6.07, 6.45) is 4.00. The second kappa shape index (κ2) is 5.02. The van der Waals surface area contributed by atoms with Crippen LogP contribution >= 0.6 is 0 Å². The molecule has 7 heteroatoms. The van der Waals surface area contributed by atoms with Gasteiger partial charge in [0.15, 0.2) is 5.82 Å². The first-order valence-electron chi connectivity index (χ1n) is 5.53. The number of nitrogens with zero attached hydrogens (tertiary/aromatic N) is 3. The number of nitrogens with two attached hydrogens (primary N) is 1. The van der Waals surface area contributed by atoms with Crippen LogP contribution in [0.1, 0.15) is 31.5 Å². The highest BCUT2D eigenvalue weighted by Gasteiger charge is 2.27. The second-order valence-electron chi connectivity index (χ2n) is 4.10. The molecule has 1 fully saturated rings. The lowest BCUT2D eigenvalue weighted by molar-refractivity contribution is -0.126. The number of carbonyl (C=O) groups excluding carboxylic acids is 1. The molecule has 2 unspecified atom stereocenters. The SMILES string of the molecule is NC1CCCCC1C(=O)NCc1nn[nH]n1. The Hall–Kier alpha value is -1.50. The Bertz CT molecular complexity index is 338. The molecule has 7 nitrogen and oxygen atoms in total. The molecule has 1 aliphatic carbocycles. The minimum Gasteiger partial charge on any atom is -0.348 e. The highest BCUT2D eigenvalue weighted by molar-refractivity contribution is 5.79. The molecular formula is C9H16N6O. The number of hydrogen-bond acceptors (Lipinski definition) is 5. The molecule has 2 rings (SSSR count). The van der Waals surface area contributed by atoms with Crippen molar-refractivity contribution in [2.45, 2.75) is 38.3 Å². The van der Waals surface area contributed by atoms with Gasteiger partial charge in [-0.1, -0.05) is 18.1 Å². The van der Waals surface area contributed by atoms with Gasteiger partial charge < -0.3 is 11.1 Å². The molecule has 0 bridgehead atoms. The summed E-state index contributed by atoms with van der Waals surface area (Å²) in [5, 5.41) is 16.1. The van der Waals surface area contributed by atoms with Crippen molar-refractivity contribution in [2.24, 2.45) is 11.7 Å². The number of rotatable bonds is 3. The molecule has 1 aliphatic rings. The zero-order valence-electron chi connectivity index (χ0n) is 9.02. The number of aromatic amines is 1. The Kier molecular flexibility index (Phi) is 3.45. The fraction of sp³-hybridized carbons (Fsp3) is 0.778. The Labute approximate surface area is 93.2 Å². The molecule has 0 aliphatic heterocycles. The molecule has 1 heterocycles. The fourth-order valence-corrected chi connectivity index (χ4v) is 2.04. The van der Waals surface area contributed by atoms with Gasteiger partial charge in [-0.15, -0.1) is 10.2 Å². The molecule has 88 valence electrons. The van der Waals surface area contributed by atoms with Gasteiger partial charge in [-0.3, -0.25) is 4.79 Å². The second-order valence-corrected chi connectivity index (χ2v) is 4.10. The van der Waals surface area contributed by atoms with Gasteiger partial charge in [0, 0.05) is 6.04 Å². The van der Waals surface area contributed by atoms with Crippen molar-refractivity contribution in [3.63, 3.8) is 0 Å². The average Bonchev–Trinajstić information content (AvgIpc) is 2.79. The maximum atomic E-state index is 11.8. The monoisotopic (exact) mass is 224 g/mol. The minimum atomic E-state index is -0.0688.